The highest BCUT2D eigenvalue weighted by molar-refractivity contribution is 6.13. The third-order valence-electron chi connectivity index (χ3n) is 11.5. The molecule has 0 amide bonds. The molecule has 10 rings (SSSR count). The fraction of sp³-hybridized carbons (Fsp3) is 0.0980. The van der Waals surface area contributed by atoms with Gasteiger partial charge in [-0.1, -0.05) is 129 Å². The zero-order chi connectivity index (χ0) is 35.8. The molecule has 0 N–H and O–H groups in total. The average molecular weight is 681 g/mol. The van der Waals surface area contributed by atoms with Gasteiger partial charge in [-0.15, -0.1) is 0 Å². The van der Waals surface area contributed by atoms with Gasteiger partial charge in [0, 0.05) is 38.6 Å². The van der Waals surface area contributed by atoms with Gasteiger partial charge in [-0.05, 0) is 119 Å². The van der Waals surface area contributed by atoms with Crippen molar-refractivity contribution < 1.29 is 0 Å². The summed E-state index contributed by atoms with van der Waals surface area (Å²) in [6.07, 6.45) is 0. The third-order valence-corrected chi connectivity index (χ3v) is 11.5. The highest BCUT2D eigenvalue weighted by Crippen LogP contribution is 2.54. The molecule has 1 heterocycles. The Balaban J connectivity index is 1.20. The summed E-state index contributed by atoms with van der Waals surface area (Å²) in [6.45, 7) is 9.20. The number of para-hydroxylation sites is 2. The van der Waals surface area contributed by atoms with Gasteiger partial charge in [0.25, 0.3) is 0 Å². The van der Waals surface area contributed by atoms with Gasteiger partial charge in [0.05, 0.1) is 16.7 Å². The lowest BCUT2D eigenvalue weighted by Crippen LogP contribution is -2.17. The number of nitrogens with zero attached hydrogens (tertiary/aromatic N) is 2. The highest BCUT2D eigenvalue weighted by Gasteiger charge is 2.38. The van der Waals surface area contributed by atoms with Crippen LogP contribution in [0.3, 0.4) is 0 Å². The second kappa shape index (κ2) is 11.8. The van der Waals surface area contributed by atoms with E-state index >= 15 is 0 Å². The molecule has 0 fully saturated rings. The van der Waals surface area contributed by atoms with Gasteiger partial charge in [-0.3, -0.25) is 0 Å². The minimum absolute atomic E-state index is 0.233. The van der Waals surface area contributed by atoms with Crippen LogP contribution in [-0.4, -0.2) is 4.57 Å². The van der Waals surface area contributed by atoms with E-state index in [1.807, 2.05) is 0 Å². The number of fused-ring (bicyclic) bond motifs is 8. The highest BCUT2D eigenvalue weighted by atomic mass is 15.1. The zero-order valence-electron chi connectivity index (χ0n) is 30.6. The first-order valence-corrected chi connectivity index (χ1v) is 18.6. The molecule has 0 atom stereocenters. The molecule has 0 saturated carbocycles. The largest absolute Gasteiger partial charge is 0.310 e. The van der Waals surface area contributed by atoms with Crippen molar-refractivity contribution in [2.75, 3.05) is 4.90 Å². The van der Waals surface area contributed by atoms with Crippen LogP contribution in [0.5, 0.6) is 0 Å². The zero-order valence-corrected chi connectivity index (χ0v) is 30.6. The van der Waals surface area contributed by atoms with E-state index in [-0.39, 0.29) is 5.41 Å². The molecule has 8 aromatic carbocycles. The molecule has 0 aliphatic heterocycles. The normalized spacial score (nSPS) is 13.1. The predicted molar refractivity (Wildman–Crippen MR) is 225 cm³/mol. The van der Waals surface area contributed by atoms with Gasteiger partial charge in [-0.2, -0.15) is 0 Å². The van der Waals surface area contributed by atoms with E-state index in [1.165, 1.54) is 94.1 Å². The van der Waals surface area contributed by atoms with Crippen molar-refractivity contribution in [3.8, 4) is 27.9 Å². The summed E-state index contributed by atoms with van der Waals surface area (Å²) in [4.78, 5) is 2.40. The van der Waals surface area contributed by atoms with Crippen LogP contribution in [0, 0.1) is 13.8 Å². The molecule has 1 aliphatic carbocycles. The first-order chi connectivity index (χ1) is 25.9. The van der Waals surface area contributed by atoms with Crippen LogP contribution in [-0.2, 0) is 5.41 Å². The molecule has 9 aromatic rings. The lowest BCUT2D eigenvalue weighted by Gasteiger charge is -2.29. The van der Waals surface area contributed by atoms with Crippen LogP contribution < -0.4 is 4.90 Å². The van der Waals surface area contributed by atoms with E-state index < -0.39 is 0 Å². The second-order valence-electron chi connectivity index (χ2n) is 15.1. The van der Waals surface area contributed by atoms with Crippen LogP contribution in [0.1, 0.15) is 36.1 Å². The van der Waals surface area contributed by atoms with Crippen LogP contribution in [0.25, 0.3) is 60.5 Å². The molecular formula is C51H40N2. The third kappa shape index (κ3) is 4.79. The van der Waals surface area contributed by atoms with Crippen LogP contribution in [0.4, 0.5) is 17.1 Å². The van der Waals surface area contributed by atoms with E-state index in [0.717, 1.165) is 5.69 Å². The Kier molecular flexibility index (Phi) is 7.00. The van der Waals surface area contributed by atoms with E-state index in [1.54, 1.807) is 0 Å². The molecule has 0 saturated heterocycles. The number of benzene rings is 8. The predicted octanol–water partition coefficient (Wildman–Crippen LogP) is 14.0. The van der Waals surface area contributed by atoms with E-state index in [0.29, 0.717) is 0 Å². The monoisotopic (exact) mass is 680 g/mol. The van der Waals surface area contributed by atoms with Crippen molar-refractivity contribution in [1.82, 2.24) is 4.57 Å². The van der Waals surface area contributed by atoms with Crippen molar-refractivity contribution in [2.45, 2.75) is 33.1 Å². The van der Waals surface area contributed by atoms with E-state index in [4.69, 9.17) is 0 Å². The summed E-state index contributed by atoms with van der Waals surface area (Å²) in [7, 11) is 0. The Morgan fingerprint density at radius 1 is 0.472 bits per heavy atom. The fourth-order valence-electron chi connectivity index (χ4n) is 8.90. The molecular weight excluding hydrogens is 641 g/mol. The van der Waals surface area contributed by atoms with E-state index in [9.17, 15) is 0 Å². The molecule has 0 unspecified atom stereocenters. The van der Waals surface area contributed by atoms with Gasteiger partial charge >= 0.3 is 0 Å². The van der Waals surface area contributed by atoms with Crippen LogP contribution >= 0.6 is 0 Å². The Hall–Kier alpha value is -6.38. The van der Waals surface area contributed by atoms with Crippen molar-refractivity contribution in [1.29, 1.82) is 0 Å². The number of aryl methyl sites for hydroxylation is 2. The molecule has 0 radical (unpaired) electrons. The summed E-state index contributed by atoms with van der Waals surface area (Å²) in [5.74, 6) is 0. The summed E-state index contributed by atoms with van der Waals surface area (Å²) in [5, 5.41) is 5.11. The maximum absolute atomic E-state index is 2.52. The van der Waals surface area contributed by atoms with Gasteiger partial charge in [0.2, 0.25) is 0 Å². The van der Waals surface area contributed by atoms with Crippen molar-refractivity contribution in [3.05, 3.63) is 192 Å². The smallest absolute Gasteiger partial charge is 0.0544 e. The van der Waals surface area contributed by atoms with Gasteiger partial charge in [-0.25, -0.2) is 0 Å². The molecule has 1 aromatic heterocycles. The number of anilines is 3. The topological polar surface area (TPSA) is 8.17 Å². The lowest BCUT2D eigenvalue weighted by molar-refractivity contribution is 0.660. The van der Waals surface area contributed by atoms with Crippen LogP contribution in [0.2, 0.25) is 0 Å². The van der Waals surface area contributed by atoms with Crippen LogP contribution in [0.15, 0.2) is 170 Å². The van der Waals surface area contributed by atoms with E-state index in [2.05, 4.69) is 207 Å². The van der Waals surface area contributed by atoms with Gasteiger partial charge < -0.3 is 9.47 Å². The quantitative estimate of drug-likeness (QED) is 0.176. The standard InChI is InChI=1S/C51H40N2/c1-33-23-27-47-42(29-33)43-30-36(35-16-7-5-8-17-35)24-28-48(43)53(47)49-32-45-50(40-21-13-12-20-39(40)49)41-26-25-38(31-44(41)51(45,3)4)52(37-18-9-6-10-19-37)46-22-14-11-15-34(46)2/h5-32H,1-4H3. The molecule has 1 aliphatic rings. The van der Waals surface area contributed by atoms with Crippen molar-refractivity contribution >= 4 is 49.6 Å². The summed E-state index contributed by atoms with van der Waals surface area (Å²) >= 11 is 0. The molecule has 2 heteroatoms. The van der Waals surface area contributed by atoms with Crippen molar-refractivity contribution in [2.24, 2.45) is 0 Å². The summed E-state index contributed by atoms with van der Waals surface area (Å²) in [6, 6.07) is 62.7. The maximum Gasteiger partial charge on any atom is 0.0544 e. The number of hydrogen-bond acceptors (Lipinski definition) is 1. The Bertz CT molecular complexity index is 2880. The number of hydrogen-bond donors (Lipinski definition) is 0. The fourth-order valence-corrected chi connectivity index (χ4v) is 8.90. The Labute approximate surface area is 311 Å². The first-order valence-electron chi connectivity index (χ1n) is 18.6. The Morgan fingerprint density at radius 2 is 1.13 bits per heavy atom. The minimum atomic E-state index is -0.233. The second-order valence-corrected chi connectivity index (χ2v) is 15.1. The number of aromatic nitrogens is 1. The lowest BCUT2D eigenvalue weighted by atomic mass is 9.81. The minimum Gasteiger partial charge on any atom is -0.310 e. The Morgan fingerprint density at radius 3 is 1.91 bits per heavy atom. The SMILES string of the molecule is Cc1ccc2c(c1)c1cc(-c3ccccc3)ccc1n2-c1cc2c(c3ccccc13)-c1ccc(N(c3ccccc3)c3ccccc3C)cc1C2(C)C. The summed E-state index contributed by atoms with van der Waals surface area (Å²) in [5.41, 5.74) is 17.3. The van der Waals surface area contributed by atoms with Crippen molar-refractivity contribution in [3.63, 3.8) is 0 Å². The molecule has 2 nitrogen and oxygen atoms in total. The van der Waals surface area contributed by atoms with Gasteiger partial charge in [0.1, 0.15) is 0 Å². The molecule has 53 heavy (non-hydrogen) atoms. The van der Waals surface area contributed by atoms with Gasteiger partial charge in [0.15, 0.2) is 0 Å². The number of rotatable bonds is 5. The first kappa shape index (κ1) is 31.4. The molecule has 254 valence electrons. The maximum atomic E-state index is 2.52. The molecule has 0 bridgehead atoms. The average Bonchev–Trinajstić information content (AvgIpc) is 3.63. The molecule has 0 spiro atoms. The summed E-state index contributed by atoms with van der Waals surface area (Å²) < 4.78 is 2.52.